The second-order valence-corrected chi connectivity index (χ2v) is 8.28. The summed E-state index contributed by atoms with van der Waals surface area (Å²) in [6.07, 6.45) is 4.74. The van der Waals surface area contributed by atoms with Gasteiger partial charge in [-0.1, -0.05) is 17.7 Å². The van der Waals surface area contributed by atoms with Gasteiger partial charge in [0.1, 0.15) is 12.6 Å². The maximum atomic E-state index is 13.3. The topological polar surface area (TPSA) is 94.6 Å². The van der Waals surface area contributed by atoms with Gasteiger partial charge in [-0.15, -0.1) is 0 Å². The highest BCUT2D eigenvalue weighted by Crippen LogP contribution is 2.26. The van der Waals surface area contributed by atoms with E-state index in [1.54, 1.807) is 36.7 Å². The molecule has 4 amide bonds. The standard InChI is InChI=1S/C22H24ClN5O3/c1-14-4-5-16(23)11-17(14)26-19(29)13-27-18-3-2-8-25-20(18)21(30)28(22(27)31)12-15-6-9-24-10-7-15/h4-7,9-11,18,20,25H,2-3,8,12-13H2,1H3,(H,26,29). The van der Waals surface area contributed by atoms with Gasteiger partial charge in [-0.3, -0.25) is 19.5 Å². The summed E-state index contributed by atoms with van der Waals surface area (Å²) >= 11 is 6.05. The number of carbonyl (C=O) groups excluding carboxylic acids is 3. The van der Waals surface area contributed by atoms with Crippen LogP contribution in [0.2, 0.25) is 5.02 Å². The number of piperidine rings is 1. The molecule has 0 spiro atoms. The SMILES string of the molecule is Cc1ccc(Cl)cc1NC(=O)CN1C(=O)N(Cc2ccncc2)C(=O)C2NCCCC21. The molecule has 2 N–H and O–H groups in total. The van der Waals surface area contributed by atoms with E-state index in [1.807, 2.05) is 13.0 Å². The largest absolute Gasteiger partial charge is 0.327 e. The van der Waals surface area contributed by atoms with Crippen LogP contribution in [0.1, 0.15) is 24.0 Å². The summed E-state index contributed by atoms with van der Waals surface area (Å²) in [6, 6.07) is 7.45. The molecule has 162 valence electrons. The van der Waals surface area contributed by atoms with Crippen LogP contribution in [0.25, 0.3) is 0 Å². The summed E-state index contributed by atoms with van der Waals surface area (Å²) in [7, 11) is 0. The molecule has 8 nitrogen and oxygen atoms in total. The van der Waals surface area contributed by atoms with Gasteiger partial charge in [0.05, 0.1) is 12.6 Å². The molecular formula is C22H24ClN5O3. The van der Waals surface area contributed by atoms with Gasteiger partial charge in [0.2, 0.25) is 11.8 Å². The Labute approximate surface area is 185 Å². The van der Waals surface area contributed by atoms with E-state index in [9.17, 15) is 14.4 Å². The molecule has 0 saturated carbocycles. The number of rotatable bonds is 5. The highest BCUT2D eigenvalue weighted by Gasteiger charge is 2.47. The average molecular weight is 442 g/mol. The minimum absolute atomic E-state index is 0.136. The molecule has 3 heterocycles. The van der Waals surface area contributed by atoms with Crippen molar-refractivity contribution in [3.05, 3.63) is 58.9 Å². The Kier molecular flexibility index (Phi) is 6.20. The van der Waals surface area contributed by atoms with Crippen LogP contribution in [-0.2, 0) is 16.1 Å². The van der Waals surface area contributed by atoms with Crippen molar-refractivity contribution >= 4 is 35.1 Å². The zero-order valence-electron chi connectivity index (χ0n) is 17.2. The summed E-state index contributed by atoms with van der Waals surface area (Å²) in [5, 5.41) is 6.59. The van der Waals surface area contributed by atoms with E-state index in [1.165, 1.54) is 9.80 Å². The number of benzene rings is 1. The Morgan fingerprint density at radius 3 is 2.81 bits per heavy atom. The lowest BCUT2D eigenvalue weighted by Crippen LogP contribution is -2.70. The van der Waals surface area contributed by atoms with E-state index in [2.05, 4.69) is 15.6 Å². The molecule has 2 atom stereocenters. The van der Waals surface area contributed by atoms with Crippen molar-refractivity contribution in [1.82, 2.24) is 20.1 Å². The fraction of sp³-hybridized carbons (Fsp3) is 0.364. The molecule has 0 bridgehead atoms. The molecule has 0 radical (unpaired) electrons. The first-order valence-corrected chi connectivity index (χ1v) is 10.6. The molecule has 1 aromatic carbocycles. The van der Waals surface area contributed by atoms with E-state index in [0.717, 1.165) is 17.5 Å². The van der Waals surface area contributed by atoms with Gasteiger partial charge in [-0.25, -0.2) is 4.79 Å². The third-order valence-electron chi connectivity index (χ3n) is 5.71. The van der Waals surface area contributed by atoms with Gasteiger partial charge in [0.15, 0.2) is 0 Å². The highest BCUT2D eigenvalue weighted by atomic mass is 35.5. The molecule has 2 fully saturated rings. The van der Waals surface area contributed by atoms with Gasteiger partial charge in [0, 0.05) is 23.1 Å². The summed E-state index contributed by atoms with van der Waals surface area (Å²) in [5.41, 5.74) is 2.27. The first-order chi connectivity index (χ1) is 14.9. The lowest BCUT2D eigenvalue weighted by atomic mass is 9.93. The van der Waals surface area contributed by atoms with Crippen molar-refractivity contribution < 1.29 is 14.4 Å². The fourth-order valence-electron chi connectivity index (χ4n) is 4.09. The van der Waals surface area contributed by atoms with E-state index < -0.39 is 12.1 Å². The molecule has 2 aliphatic rings. The maximum absolute atomic E-state index is 13.3. The summed E-state index contributed by atoms with van der Waals surface area (Å²) in [5.74, 6) is -0.588. The molecule has 2 unspecified atom stereocenters. The summed E-state index contributed by atoms with van der Waals surface area (Å²) < 4.78 is 0. The second kappa shape index (κ2) is 9.03. The fourth-order valence-corrected chi connectivity index (χ4v) is 4.26. The third-order valence-corrected chi connectivity index (χ3v) is 5.95. The number of hydrogen-bond donors (Lipinski definition) is 2. The first kappa shape index (κ1) is 21.3. The lowest BCUT2D eigenvalue weighted by Gasteiger charge is -2.46. The highest BCUT2D eigenvalue weighted by molar-refractivity contribution is 6.31. The zero-order valence-corrected chi connectivity index (χ0v) is 17.9. The van der Waals surface area contributed by atoms with Crippen LogP contribution in [0.15, 0.2) is 42.7 Å². The van der Waals surface area contributed by atoms with Gasteiger partial charge < -0.3 is 15.5 Å². The monoisotopic (exact) mass is 441 g/mol. The Balaban J connectivity index is 1.55. The molecule has 2 saturated heterocycles. The molecule has 2 aliphatic heterocycles. The quantitative estimate of drug-likeness (QED) is 0.743. The van der Waals surface area contributed by atoms with Crippen LogP contribution in [-0.4, -0.2) is 57.8 Å². The van der Waals surface area contributed by atoms with Crippen LogP contribution >= 0.6 is 11.6 Å². The van der Waals surface area contributed by atoms with Gasteiger partial charge in [-0.05, 0) is 61.7 Å². The van der Waals surface area contributed by atoms with Crippen molar-refractivity contribution in [2.75, 3.05) is 18.4 Å². The maximum Gasteiger partial charge on any atom is 0.327 e. The Morgan fingerprint density at radius 1 is 1.26 bits per heavy atom. The number of aryl methyl sites for hydroxylation is 1. The van der Waals surface area contributed by atoms with Crippen LogP contribution in [0, 0.1) is 6.92 Å². The lowest BCUT2D eigenvalue weighted by molar-refractivity contribution is -0.138. The Morgan fingerprint density at radius 2 is 2.03 bits per heavy atom. The molecule has 1 aromatic heterocycles. The van der Waals surface area contributed by atoms with Crippen molar-refractivity contribution in [1.29, 1.82) is 0 Å². The van der Waals surface area contributed by atoms with Crippen molar-refractivity contribution in [3.8, 4) is 0 Å². The minimum Gasteiger partial charge on any atom is -0.324 e. The van der Waals surface area contributed by atoms with Crippen LogP contribution in [0.5, 0.6) is 0 Å². The summed E-state index contributed by atoms with van der Waals surface area (Å²) in [4.78, 5) is 45.9. The smallest absolute Gasteiger partial charge is 0.324 e. The number of hydrogen-bond acceptors (Lipinski definition) is 5. The number of anilines is 1. The number of halogens is 1. The van der Waals surface area contributed by atoms with Gasteiger partial charge >= 0.3 is 6.03 Å². The number of amides is 4. The summed E-state index contributed by atoms with van der Waals surface area (Å²) in [6.45, 7) is 2.56. The number of imide groups is 1. The number of urea groups is 1. The normalized spacial score (nSPS) is 21.1. The van der Waals surface area contributed by atoms with Crippen LogP contribution < -0.4 is 10.6 Å². The number of fused-ring (bicyclic) bond motifs is 1. The molecule has 0 aliphatic carbocycles. The van der Waals surface area contributed by atoms with Crippen molar-refractivity contribution in [3.63, 3.8) is 0 Å². The average Bonchev–Trinajstić information content (AvgIpc) is 2.77. The second-order valence-electron chi connectivity index (χ2n) is 7.84. The van der Waals surface area contributed by atoms with E-state index in [4.69, 9.17) is 11.6 Å². The third kappa shape index (κ3) is 4.55. The minimum atomic E-state index is -0.519. The molecule has 2 aromatic rings. The zero-order chi connectivity index (χ0) is 22.0. The van der Waals surface area contributed by atoms with E-state index >= 15 is 0 Å². The molecule has 4 rings (SSSR count). The predicted molar refractivity (Wildman–Crippen MR) is 117 cm³/mol. The number of nitrogens with one attached hydrogen (secondary N) is 2. The molecule has 9 heteroatoms. The number of carbonyl (C=O) groups is 3. The van der Waals surface area contributed by atoms with Crippen LogP contribution in [0.3, 0.4) is 0 Å². The Hall–Kier alpha value is -2.97. The molecular weight excluding hydrogens is 418 g/mol. The van der Waals surface area contributed by atoms with E-state index in [-0.39, 0.29) is 30.9 Å². The van der Waals surface area contributed by atoms with Gasteiger partial charge in [-0.2, -0.15) is 0 Å². The van der Waals surface area contributed by atoms with E-state index in [0.29, 0.717) is 23.7 Å². The van der Waals surface area contributed by atoms with Crippen molar-refractivity contribution in [2.24, 2.45) is 0 Å². The van der Waals surface area contributed by atoms with Crippen molar-refractivity contribution in [2.45, 2.75) is 38.4 Å². The number of aromatic nitrogens is 1. The molecule has 31 heavy (non-hydrogen) atoms. The first-order valence-electron chi connectivity index (χ1n) is 10.2. The van der Waals surface area contributed by atoms with Gasteiger partial charge in [0.25, 0.3) is 0 Å². The predicted octanol–water partition coefficient (Wildman–Crippen LogP) is 2.57. The van der Waals surface area contributed by atoms with Crippen LogP contribution in [0.4, 0.5) is 10.5 Å². The number of pyridine rings is 1. The Bertz CT molecular complexity index is 1000. The number of nitrogens with zero attached hydrogens (tertiary/aromatic N) is 3.